The van der Waals surface area contributed by atoms with Gasteiger partial charge in [0.15, 0.2) is 0 Å². The number of amides is 1. The van der Waals surface area contributed by atoms with Crippen LogP contribution in [0, 0.1) is 0 Å². The second-order valence-corrected chi connectivity index (χ2v) is 8.32. The maximum absolute atomic E-state index is 13.3. The number of benzene rings is 2. The molecule has 9 heteroatoms. The Morgan fingerprint density at radius 2 is 1.63 bits per heavy atom. The van der Waals surface area contributed by atoms with Crippen LogP contribution in [0.2, 0.25) is 0 Å². The summed E-state index contributed by atoms with van der Waals surface area (Å²) in [6.45, 7) is 1.34. The summed E-state index contributed by atoms with van der Waals surface area (Å²) in [6, 6.07) is 14.1. The molecule has 0 saturated heterocycles. The molecule has 0 unspecified atom stereocenters. The van der Waals surface area contributed by atoms with Gasteiger partial charge in [-0.15, -0.1) is 0 Å². The second kappa shape index (κ2) is 7.20. The number of carbonyl (C=O) groups excluding carboxylic acids is 3. The second-order valence-electron chi connectivity index (χ2n) is 6.56. The van der Waals surface area contributed by atoms with Crippen LogP contribution in [0.15, 0.2) is 65.6 Å². The predicted octanol–water partition coefficient (Wildman–Crippen LogP) is 2.52. The van der Waals surface area contributed by atoms with Crippen molar-refractivity contribution in [3.63, 3.8) is 0 Å². The molecule has 0 atom stereocenters. The summed E-state index contributed by atoms with van der Waals surface area (Å²) in [5.41, 5.74) is 1.04. The SMILES string of the molecule is CC(=O)Nc1ccc(S(=O)(=O)n2nc(-c3ccccc3)c3c2C=CC(=O)C3=O)cc1. The van der Waals surface area contributed by atoms with Crippen LogP contribution < -0.4 is 5.32 Å². The maximum Gasteiger partial charge on any atom is 0.283 e. The number of allylic oxidation sites excluding steroid dienone is 1. The Balaban J connectivity index is 1.88. The fourth-order valence-electron chi connectivity index (χ4n) is 3.13. The van der Waals surface area contributed by atoms with Crippen LogP contribution in [0.5, 0.6) is 0 Å². The highest BCUT2D eigenvalue weighted by molar-refractivity contribution is 7.89. The molecular weight excluding hydrogens is 406 g/mol. The fourth-order valence-corrected chi connectivity index (χ4v) is 4.41. The van der Waals surface area contributed by atoms with Crippen molar-refractivity contribution in [2.45, 2.75) is 11.8 Å². The number of carbonyl (C=O) groups is 3. The summed E-state index contributed by atoms with van der Waals surface area (Å²) < 4.78 is 27.3. The topological polar surface area (TPSA) is 115 Å². The summed E-state index contributed by atoms with van der Waals surface area (Å²) >= 11 is 0. The van der Waals surface area contributed by atoms with Gasteiger partial charge >= 0.3 is 0 Å². The minimum Gasteiger partial charge on any atom is -0.326 e. The van der Waals surface area contributed by atoms with E-state index in [1.165, 1.54) is 37.3 Å². The lowest BCUT2D eigenvalue weighted by atomic mass is 9.96. The molecule has 1 aromatic heterocycles. The van der Waals surface area contributed by atoms with Crippen molar-refractivity contribution in [3.8, 4) is 11.3 Å². The lowest BCUT2D eigenvalue weighted by Gasteiger charge is -2.10. The van der Waals surface area contributed by atoms with E-state index in [9.17, 15) is 22.8 Å². The molecule has 1 N–H and O–H groups in total. The monoisotopic (exact) mass is 421 g/mol. The molecular formula is C21H15N3O5S. The van der Waals surface area contributed by atoms with E-state index < -0.39 is 21.6 Å². The fraction of sp³-hybridized carbons (Fsp3) is 0.0476. The van der Waals surface area contributed by atoms with Crippen LogP contribution in [-0.4, -0.2) is 35.1 Å². The standard InChI is InChI=1S/C21H15N3O5S/c1-13(25)22-15-7-9-16(10-8-15)30(28,29)24-17-11-12-18(26)21(27)19(17)20(23-24)14-5-3-2-4-6-14/h2-12H,1H3,(H,22,25). The summed E-state index contributed by atoms with van der Waals surface area (Å²) in [6.07, 6.45) is 2.31. The average molecular weight is 421 g/mol. The molecule has 1 aliphatic rings. The van der Waals surface area contributed by atoms with Crippen molar-refractivity contribution in [2.24, 2.45) is 0 Å². The molecule has 4 rings (SSSR count). The number of ketones is 2. The first-order chi connectivity index (χ1) is 14.3. The van der Waals surface area contributed by atoms with Gasteiger partial charge in [0.1, 0.15) is 5.69 Å². The zero-order valence-corrected chi connectivity index (χ0v) is 16.5. The summed E-state index contributed by atoms with van der Waals surface area (Å²) in [5, 5.41) is 6.76. The largest absolute Gasteiger partial charge is 0.326 e. The van der Waals surface area contributed by atoms with Gasteiger partial charge in [0.2, 0.25) is 17.5 Å². The van der Waals surface area contributed by atoms with Crippen molar-refractivity contribution in [3.05, 3.63) is 71.9 Å². The van der Waals surface area contributed by atoms with Crippen LogP contribution in [0.25, 0.3) is 17.3 Å². The summed E-state index contributed by atoms with van der Waals surface area (Å²) in [7, 11) is -4.18. The number of aromatic nitrogens is 2. The minimum absolute atomic E-state index is 0.0180. The molecule has 2 aromatic carbocycles. The van der Waals surface area contributed by atoms with E-state index in [0.717, 1.165) is 10.2 Å². The molecule has 0 radical (unpaired) electrons. The molecule has 1 aliphatic carbocycles. The van der Waals surface area contributed by atoms with Crippen molar-refractivity contribution in [1.29, 1.82) is 0 Å². The van der Waals surface area contributed by atoms with Gasteiger partial charge in [-0.3, -0.25) is 14.4 Å². The molecule has 0 spiro atoms. The van der Waals surface area contributed by atoms with Gasteiger partial charge in [0.25, 0.3) is 10.0 Å². The number of rotatable bonds is 4. The molecule has 8 nitrogen and oxygen atoms in total. The first-order valence-electron chi connectivity index (χ1n) is 8.87. The maximum atomic E-state index is 13.3. The zero-order valence-electron chi connectivity index (χ0n) is 15.7. The molecule has 0 bridgehead atoms. The van der Waals surface area contributed by atoms with Crippen LogP contribution >= 0.6 is 0 Å². The van der Waals surface area contributed by atoms with E-state index in [1.54, 1.807) is 30.3 Å². The number of anilines is 1. The van der Waals surface area contributed by atoms with E-state index in [2.05, 4.69) is 10.4 Å². The van der Waals surface area contributed by atoms with Gasteiger partial charge < -0.3 is 5.32 Å². The van der Waals surface area contributed by atoms with Gasteiger partial charge in [0.05, 0.1) is 16.2 Å². The van der Waals surface area contributed by atoms with Gasteiger partial charge in [-0.25, -0.2) is 0 Å². The van der Waals surface area contributed by atoms with E-state index in [-0.39, 0.29) is 27.8 Å². The number of nitrogens with zero attached hydrogens (tertiary/aromatic N) is 2. The van der Waals surface area contributed by atoms with Crippen molar-refractivity contribution in [1.82, 2.24) is 9.19 Å². The van der Waals surface area contributed by atoms with E-state index >= 15 is 0 Å². The Hall–Kier alpha value is -3.85. The van der Waals surface area contributed by atoms with Crippen molar-refractivity contribution >= 4 is 39.3 Å². The Kier molecular flexibility index (Phi) is 4.67. The zero-order chi connectivity index (χ0) is 21.5. The number of Topliss-reactive ketones (excluding diaryl/α,β-unsaturated/α-hetero) is 1. The molecule has 3 aromatic rings. The lowest BCUT2D eigenvalue weighted by molar-refractivity contribution is -0.114. The molecule has 1 heterocycles. The number of nitrogens with one attached hydrogen (secondary N) is 1. The predicted molar refractivity (Wildman–Crippen MR) is 109 cm³/mol. The average Bonchev–Trinajstić information content (AvgIpc) is 3.12. The first kappa shape index (κ1) is 19.5. The van der Waals surface area contributed by atoms with Crippen LogP contribution in [0.3, 0.4) is 0 Å². The van der Waals surface area contributed by atoms with E-state index in [1.807, 2.05) is 0 Å². The molecule has 30 heavy (non-hydrogen) atoms. The number of fused-ring (bicyclic) bond motifs is 1. The third-order valence-corrected chi connectivity index (χ3v) is 6.08. The third kappa shape index (κ3) is 3.25. The minimum atomic E-state index is -4.18. The highest BCUT2D eigenvalue weighted by Gasteiger charge is 2.34. The Morgan fingerprint density at radius 1 is 0.967 bits per heavy atom. The molecule has 150 valence electrons. The van der Waals surface area contributed by atoms with Crippen LogP contribution in [-0.2, 0) is 19.6 Å². The smallest absolute Gasteiger partial charge is 0.283 e. The quantitative estimate of drug-likeness (QED) is 0.648. The van der Waals surface area contributed by atoms with Gasteiger partial charge in [0, 0.05) is 18.2 Å². The number of hydrogen-bond acceptors (Lipinski definition) is 6. The van der Waals surface area contributed by atoms with Gasteiger partial charge in [-0.1, -0.05) is 30.3 Å². The van der Waals surface area contributed by atoms with Crippen molar-refractivity contribution in [2.75, 3.05) is 5.32 Å². The first-order valence-corrected chi connectivity index (χ1v) is 10.3. The molecule has 0 saturated carbocycles. The van der Waals surface area contributed by atoms with E-state index in [4.69, 9.17) is 0 Å². The normalized spacial score (nSPS) is 13.2. The highest BCUT2D eigenvalue weighted by Crippen LogP contribution is 2.31. The lowest BCUT2D eigenvalue weighted by Crippen LogP contribution is -2.20. The highest BCUT2D eigenvalue weighted by atomic mass is 32.2. The molecule has 0 aliphatic heterocycles. The molecule has 1 amide bonds. The Morgan fingerprint density at radius 3 is 2.27 bits per heavy atom. The van der Waals surface area contributed by atoms with Gasteiger partial charge in [-0.05, 0) is 36.4 Å². The van der Waals surface area contributed by atoms with Crippen LogP contribution in [0.1, 0.15) is 23.0 Å². The van der Waals surface area contributed by atoms with Crippen LogP contribution in [0.4, 0.5) is 5.69 Å². The van der Waals surface area contributed by atoms with E-state index in [0.29, 0.717) is 11.3 Å². The summed E-state index contributed by atoms with van der Waals surface area (Å²) in [5.74, 6) is -1.84. The molecule has 0 fully saturated rings. The van der Waals surface area contributed by atoms with Crippen molar-refractivity contribution < 1.29 is 22.8 Å². The Bertz CT molecular complexity index is 1320. The summed E-state index contributed by atoms with van der Waals surface area (Å²) in [4.78, 5) is 35.6. The van der Waals surface area contributed by atoms with Gasteiger partial charge in [-0.2, -0.15) is 17.6 Å². The number of hydrogen-bond donors (Lipinski definition) is 1. The third-order valence-electron chi connectivity index (χ3n) is 4.48. The Labute approximate surface area is 171 Å².